The number of aliphatic hydroxyl groups excluding tert-OH is 1. The molecule has 2 atom stereocenters. The van der Waals surface area contributed by atoms with Gasteiger partial charge in [-0.25, -0.2) is 0 Å². The lowest BCUT2D eigenvalue weighted by molar-refractivity contribution is -0.224. The maximum atomic E-state index is 9.69. The van der Waals surface area contributed by atoms with E-state index in [2.05, 4.69) is 0 Å². The van der Waals surface area contributed by atoms with E-state index >= 15 is 0 Å². The fourth-order valence-corrected chi connectivity index (χ4v) is 1.08. The second-order valence-electron chi connectivity index (χ2n) is 2.47. The summed E-state index contributed by atoms with van der Waals surface area (Å²) in [5, 5.41) is 19.0. The third-order valence-electron chi connectivity index (χ3n) is 1.83. The lowest BCUT2D eigenvalue weighted by atomic mass is 10.0. The minimum Gasteiger partial charge on any atom is -0.495 e. The van der Waals surface area contributed by atoms with E-state index < -0.39 is 11.9 Å². The van der Waals surface area contributed by atoms with Crippen LogP contribution in [0, 0.1) is 0 Å². The molecule has 4 heteroatoms. The second kappa shape index (κ2) is 3.26. The number of ether oxygens (including phenoxy) is 2. The molecule has 0 radical (unpaired) electrons. The molecule has 0 saturated carbocycles. The van der Waals surface area contributed by atoms with Gasteiger partial charge in [0, 0.05) is 7.11 Å². The summed E-state index contributed by atoms with van der Waals surface area (Å²) in [7, 11) is 2.71. The van der Waals surface area contributed by atoms with Crippen molar-refractivity contribution in [3.05, 3.63) is 24.0 Å². The van der Waals surface area contributed by atoms with E-state index in [0.29, 0.717) is 0 Å². The minimum absolute atomic E-state index is 0.194. The Hall–Kier alpha value is -0.840. The summed E-state index contributed by atoms with van der Waals surface area (Å²) in [6, 6.07) is 0. The summed E-state index contributed by atoms with van der Waals surface area (Å²) in [4.78, 5) is 0. The molecule has 1 aliphatic carbocycles. The number of hydrogen-bond donors (Lipinski definition) is 2. The first-order valence-corrected chi connectivity index (χ1v) is 3.53. The average Bonchev–Trinajstić information content (AvgIpc) is 2.10. The van der Waals surface area contributed by atoms with Crippen LogP contribution in [0.1, 0.15) is 0 Å². The molecular weight excluding hydrogens is 160 g/mol. The van der Waals surface area contributed by atoms with E-state index in [1.54, 1.807) is 6.08 Å². The molecule has 0 bridgehead atoms. The molecule has 1 aliphatic rings. The normalized spacial score (nSPS) is 34.7. The Kier molecular flexibility index (Phi) is 2.52. The zero-order valence-electron chi connectivity index (χ0n) is 7.02. The highest BCUT2D eigenvalue weighted by atomic mass is 16.7. The number of hydrogen-bond acceptors (Lipinski definition) is 4. The van der Waals surface area contributed by atoms with Gasteiger partial charge in [0.1, 0.15) is 6.10 Å². The van der Waals surface area contributed by atoms with Gasteiger partial charge in [-0.2, -0.15) is 0 Å². The third-order valence-corrected chi connectivity index (χ3v) is 1.83. The number of allylic oxidation sites excluding steroid dienone is 2. The van der Waals surface area contributed by atoms with E-state index in [9.17, 15) is 10.2 Å². The highest BCUT2D eigenvalue weighted by Crippen LogP contribution is 2.26. The van der Waals surface area contributed by atoms with Gasteiger partial charge in [0.05, 0.1) is 7.11 Å². The highest BCUT2D eigenvalue weighted by molar-refractivity contribution is 5.24. The Balaban J connectivity index is 2.95. The van der Waals surface area contributed by atoms with E-state index in [0.717, 1.165) is 0 Å². The van der Waals surface area contributed by atoms with Crippen LogP contribution >= 0.6 is 0 Å². The van der Waals surface area contributed by atoms with Gasteiger partial charge >= 0.3 is 0 Å². The number of aliphatic hydroxyl groups is 2. The molecule has 0 heterocycles. The van der Waals surface area contributed by atoms with Crippen LogP contribution in [0.2, 0.25) is 0 Å². The summed E-state index contributed by atoms with van der Waals surface area (Å²) >= 11 is 0. The molecule has 2 N–H and O–H groups in total. The zero-order chi connectivity index (χ0) is 9.19. The predicted octanol–water partition coefficient (Wildman–Crippen LogP) is -0.218. The van der Waals surface area contributed by atoms with Crippen molar-refractivity contribution in [3.8, 4) is 0 Å². The Morgan fingerprint density at radius 3 is 2.58 bits per heavy atom. The summed E-state index contributed by atoms with van der Waals surface area (Å²) in [6.07, 6.45) is 3.46. The van der Waals surface area contributed by atoms with E-state index in [-0.39, 0.29) is 5.76 Å². The van der Waals surface area contributed by atoms with Crippen molar-refractivity contribution >= 4 is 0 Å². The van der Waals surface area contributed by atoms with E-state index in [1.807, 2.05) is 0 Å². The molecule has 1 rings (SSSR count). The van der Waals surface area contributed by atoms with Crippen LogP contribution in [0.5, 0.6) is 0 Å². The lowest BCUT2D eigenvalue weighted by Gasteiger charge is -2.32. The number of methoxy groups -OCH3 is 2. The first-order valence-electron chi connectivity index (χ1n) is 3.53. The predicted molar refractivity (Wildman–Crippen MR) is 42.2 cm³/mol. The standard InChI is InChI=1S/C8H12O4/c1-11-7-5-3-4-6(9)8(7,10)12-2/h3-6,9-10H,1-2H3. The molecule has 0 aliphatic heterocycles. The van der Waals surface area contributed by atoms with Crippen LogP contribution in [0.15, 0.2) is 24.0 Å². The molecule has 4 nitrogen and oxygen atoms in total. The van der Waals surface area contributed by atoms with Crippen LogP contribution in [0.3, 0.4) is 0 Å². The van der Waals surface area contributed by atoms with Crippen molar-refractivity contribution in [1.29, 1.82) is 0 Å². The largest absolute Gasteiger partial charge is 0.495 e. The SMILES string of the molecule is COC1=CC=CC(O)C1(O)OC. The van der Waals surface area contributed by atoms with E-state index in [4.69, 9.17) is 9.47 Å². The van der Waals surface area contributed by atoms with Crippen LogP contribution in [-0.4, -0.2) is 36.3 Å². The van der Waals surface area contributed by atoms with Crippen LogP contribution < -0.4 is 0 Å². The Morgan fingerprint density at radius 2 is 2.17 bits per heavy atom. The van der Waals surface area contributed by atoms with Crippen molar-refractivity contribution in [1.82, 2.24) is 0 Å². The Morgan fingerprint density at radius 1 is 1.50 bits per heavy atom. The van der Waals surface area contributed by atoms with Crippen LogP contribution in [0.4, 0.5) is 0 Å². The molecular formula is C8H12O4. The first-order chi connectivity index (χ1) is 5.65. The van der Waals surface area contributed by atoms with Crippen LogP contribution in [0.25, 0.3) is 0 Å². The summed E-state index contributed by atoms with van der Waals surface area (Å²) < 4.78 is 9.60. The van der Waals surface area contributed by atoms with Gasteiger partial charge in [-0.1, -0.05) is 12.2 Å². The van der Waals surface area contributed by atoms with Crippen molar-refractivity contribution in [2.75, 3.05) is 14.2 Å². The highest BCUT2D eigenvalue weighted by Gasteiger charge is 2.41. The molecule has 12 heavy (non-hydrogen) atoms. The number of rotatable bonds is 2. The smallest absolute Gasteiger partial charge is 0.255 e. The van der Waals surface area contributed by atoms with Gasteiger partial charge in [0.25, 0.3) is 5.79 Å². The van der Waals surface area contributed by atoms with E-state index in [1.165, 1.54) is 26.4 Å². The topological polar surface area (TPSA) is 58.9 Å². The fourth-order valence-electron chi connectivity index (χ4n) is 1.08. The van der Waals surface area contributed by atoms with Crippen molar-refractivity contribution in [2.24, 2.45) is 0 Å². The molecule has 0 aromatic heterocycles. The lowest BCUT2D eigenvalue weighted by Crippen LogP contribution is -2.46. The molecule has 0 fully saturated rings. The minimum atomic E-state index is -1.75. The monoisotopic (exact) mass is 172 g/mol. The van der Waals surface area contributed by atoms with Gasteiger partial charge in [-0.05, 0) is 6.08 Å². The van der Waals surface area contributed by atoms with Gasteiger partial charge < -0.3 is 19.7 Å². The van der Waals surface area contributed by atoms with Crippen LogP contribution in [-0.2, 0) is 9.47 Å². The van der Waals surface area contributed by atoms with Gasteiger partial charge in [0.2, 0.25) is 0 Å². The second-order valence-corrected chi connectivity index (χ2v) is 2.47. The van der Waals surface area contributed by atoms with Gasteiger partial charge in [0.15, 0.2) is 5.76 Å². The first kappa shape index (κ1) is 9.25. The maximum Gasteiger partial charge on any atom is 0.255 e. The summed E-state index contributed by atoms with van der Waals surface area (Å²) in [5.41, 5.74) is 0. The van der Waals surface area contributed by atoms with Crippen molar-refractivity contribution in [3.63, 3.8) is 0 Å². The molecule has 68 valence electrons. The third kappa shape index (κ3) is 1.24. The molecule has 2 unspecified atom stereocenters. The average molecular weight is 172 g/mol. The Labute approximate surface area is 70.7 Å². The molecule has 0 aromatic rings. The molecule has 0 aromatic carbocycles. The quantitative estimate of drug-likeness (QED) is 0.565. The fraction of sp³-hybridized carbons (Fsp3) is 0.500. The van der Waals surface area contributed by atoms with Gasteiger partial charge in [-0.15, -0.1) is 0 Å². The van der Waals surface area contributed by atoms with Crippen molar-refractivity contribution in [2.45, 2.75) is 11.9 Å². The summed E-state index contributed by atoms with van der Waals surface area (Å²) in [5.74, 6) is -1.55. The van der Waals surface area contributed by atoms with Crippen molar-refractivity contribution < 1.29 is 19.7 Å². The molecule has 0 saturated heterocycles. The molecule has 0 spiro atoms. The zero-order valence-corrected chi connectivity index (χ0v) is 7.02. The van der Waals surface area contributed by atoms with Gasteiger partial charge in [-0.3, -0.25) is 0 Å². The maximum absolute atomic E-state index is 9.69. The Bertz CT molecular complexity index is 221. The molecule has 0 amide bonds. The summed E-state index contributed by atoms with van der Waals surface area (Å²) in [6.45, 7) is 0.